The Morgan fingerprint density at radius 2 is 2.08 bits per heavy atom. The molecule has 2 aromatic rings. The molecule has 0 aliphatic rings. The number of anilines is 1. The molecule has 0 saturated heterocycles. The van der Waals surface area contributed by atoms with Crippen LogP contribution in [0, 0.1) is 0 Å². The number of ether oxygens (including phenoxy) is 2. The summed E-state index contributed by atoms with van der Waals surface area (Å²) in [6.45, 7) is -0.475. The molecular weight excluding hydrogens is 362 g/mol. The summed E-state index contributed by atoms with van der Waals surface area (Å²) in [5, 5.41) is 3.72. The number of hydrogen-bond acceptors (Lipinski definition) is 7. The number of methoxy groups -OCH3 is 2. The predicted octanol–water partition coefficient (Wildman–Crippen LogP) is 1.21. The summed E-state index contributed by atoms with van der Waals surface area (Å²) in [7, 11) is -0.877. The van der Waals surface area contributed by atoms with E-state index in [2.05, 4.69) is 10.5 Å². The first kappa shape index (κ1) is 19.3. The van der Waals surface area contributed by atoms with E-state index in [1.165, 1.54) is 38.8 Å². The number of hydrazone groups is 1. The predicted molar refractivity (Wildman–Crippen MR) is 96.2 cm³/mol. The smallest absolute Gasteiger partial charge is 0.260 e. The summed E-state index contributed by atoms with van der Waals surface area (Å²) in [6, 6.07) is 7.92. The van der Waals surface area contributed by atoms with E-state index < -0.39 is 22.5 Å². The van der Waals surface area contributed by atoms with Crippen LogP contribution in [0.1, 0.15) is 5.76 Å². The third kappa shape index (κ3) is 4.99. The van der Waals surface area contributed by atoms with Crippen molar-refractivity contribution in [3.63, 3.8) is 0 Å². The van der Waals surface area contributed by atoms with E-state index >= 15 is 0 Å². The van der Waals surface area contributed by atoms with Gasteiger partial charge in [-0.3, -0.25) is 9.10 Å². The van der Waals surface area contributed by atoms with Gasteiger partial charge in [0.1, 0.15) is 23.8 Å². The van der Waals surface area contributed by atoms with Crippen LogP contribution >= 0.6 is 0 Å². The average molecular weight is 381 g/mol. The van der Waals surface area contributed by atoms with Gasteiger partial charge in [-0.2, -0.15) is 5.10 Å². The standard InChI is InChI=1S/C16H19N3O6S/c1-23-12-6-7-14(15(9-12)24-2)19(26(3,21)22)11-16(20)18-17-10-13-5-4-8-25-13/h4-10H,11H2,1-3H3,(H,18,20)/b17-10-. The third-order valence-corrected chi connectivity index (χ3v) is 4.39. The normalized spacial score (nSPS) is 11.3. The van der Waals surface area contributed by atoms with Gasteiger partial charge < -0.3 is 13.9 Å². The number of rotatable bonds is 8. The molecule has 2 rings (SSSR count). The molecule has 1 heterocycles. The zero-order valence-corrected chi connectivity index (χ0v) is 15.3. The molecule has 0 saturated carbocycles. The Labute approximate surface area is 151 Å². The van der Waals surface area contributed by atoms with Crippen LogP contribution in [0.2, 0.25) is 0 Å². The highest BCUT2D eigenvalue weighted by Gasteiger charge is 2.24. The lowest BCUT2D eigenvalue weighted by molar-refractivity contribution is -0.119. The first-order valence-corrected chi connectivity index (χ1v) is 9.25. The Bertz CT molecular complexity index is 877. The average Bonchev–Trinajstić information content (AvgIpc) is 3.11. The summed E-state index contributed by atoms with van der Waals surface area (Å²) in [4.78, 5) is 12.1. The van der Waals surface area contributed by atoms with Gasteiger partial charge in [-0.15, -0.1) is 0 Å². The molecule has 0 aliphatic carbocycles. The van der Waals surface area contributed by atoms with Crippen molar-refractivity contribution in [2.45, 2.75) is 0 Å². The lowest BCUT2D eigenvalue weighted by atomic mass is 10.2. The fraction of sp³-hybridized carbons (Fsp3) is 0.250. The lowest BCUT2D eigenvalue weighted by Crippen LogP contribution is -2.39. The van der Waals surface area contributed by atoms with Crippen LogP contribution in [0.15, 0.2) is 46.1 Å². The number of sulfonamides is 1. The number of hydrogen-bond donors (Lipinski definition) is 1. The van der Waals surface area contributed by atoms with Crippen molar-refractivity contribution in [1.82, 2.24) is 5.43 Å². The first-order valence-electron chi connectivity index (χ1n) is 7.40. The zero-order valence-electron chi connectivity index (χ0n) is 14.5. The van der Waals surface area contributed by atoms with Crippen molar-refractivity contribution < 1.29 is 27.1 Å². The fourth-order valence-electron chi connectivity index (χ4n) is 2.07. The molecule has 1 aromatic heterocycles. The van der Waals surface area contributed by atoms with E-state index in [0.29, 0.717) is 11.5 Å². The third-order valence-electron chi connectivity index (χ3n) is 3.27. The lowest BCUT2D eigenvalue weighted by Gasteiger charge is -2.23. The highest BCUT2D eigenvalue weighted by atomic mass is 32.2. The largest absolute Gasteiger partial charge is 0.497 e. The van der Waals surface area contributed by atoms with Crippen molar-refractivity contribution in [3.05, 3.63) is 42.4 Å². The molecule has 0 unspecified atom stereocenters. The van der Waals surface area contributed by atoms with E-state index in [1.807, 2.05) is 0 Å². The van der Waals surface area contributed by atoms with Gasteiger partial charge in [0, 0.05) is 6.07 Å². The molecule has 26 heavy (non-hydrogen) atoms. The Balaban J connectivity index is 2.19. The molecule has 0 fully saturated rings. The summed E-state index contributed by atoms with van der Waals surface area (Å²) in [5.74, 6) is 0.561. The SMILES string of the molecule is COc1ccc(N(CC(=O)N/N=C\c2ccco2)S(C)(=O)=O)c(OC)c1. The molecule has 0 bridgehead atoms. The highest BCUT2D eigenvalue weighted by molar-refractivity contribution is 7.92. The van der Waals surface area contributed by atoms with Crippen molar-refractivity contribution >= 4 is 27.8 Å². The number of furan rings is 1. The van der Waals surface area contributed by atoms with Gasteiger partial charge in [0.25, 0.3) is 5.91 Å². The van der Waals surface area contributed by atoms with Crippen LogP contribution in [-0.4, -0.2) is 47.6 Å². The van der Waals surface area contributed by atoms with Crippen molar-refractivity contribution in [2.24, 2.45) is 5.10 Å². The zero-order chi connectivity index (χ0) is 19.2. The quantitative estimate of drug-likeness (QED) is 0.544. The number of nitrogens with one attached hydrogen (secondary N) is 1. The minimum atomic E-state index is -3.75. The van der Waals surface area contributed by atoms with E-state index in [1.54, 1.807) is 18.2 Å². The number of amides is 1. The van der Waals surface area contributed by atoms with Gasteiger partial charge in [-0.05, 0) is 24.3 Å². The summed E-state index contributed by atoms with van der Waals surface area (Å²) < 4.78 is 40.6. The highest BCUT2D eigenvalue weighted by Crippen LogP contribution is 2.33. The van der Waals surface area contributed by atoms with Crippen molar-refractivity contribution in [1.29, 1.82) is 0 Å². The number of nitrogens with zero attached hydrogens (tertiary/aromatic N) is 2. The molecular formula is C16H19N3O6S. The molecule has 1 amide bonds. The second-order valence-electron chi connectivity index (χ2n) is 5.12. The van der Waals surface area contributed by atoms with Crippen LogP contribution in [-0.2, 0) is 14.8 Å². The fourth-order valence-corrected chi connectivity index (χ4v) is 2.93. The minimum absolute atomic E-state index is 0.209. The van der Waals surface area contributed by atoms with Crippen LogP contribution < -0.4 is 19.2 Å². The Hall–Kier alpha value is -3.01. The van der Waals surface area contributed by atoms with Crippen LogP contribution in [0.4, 0.5) is 5.69 Å². The van der Waals surface area contributed by atoms with Crippen LogP contribution in [0.3, 0.4) is 0 Å². The van der Waals surface area contributed by atoms with Gasteiger partial charge in [0.15, 0.2) is 0 Å². The Morgan fingerprint density at radius 1 is 1.31 bits per heavy atom. The van der Waals surface area contributed by atoms with Gasteiger partial charge in [0.05, 0.1) is 38.6 Å². The Morgan fingerprint density at radius 3 is 2.65 bits per heavy atom. The van der Waals surface area contributed by atoms with E-state index in [9.17, 15) is 13.2 Å². The second kappa shape index (κ2) is 8.39. The molecule has 1 N–H and O–H groups in total. The summed E-state index contributed by atoms with van der Waals surface area (Å²) >= 11 is 0. The van der Waals surface area contributed by atoms with Crippen molar-refractivity contribution in [2.75, 3.05) is 31.3 Å². The molecule has 1 aromatic carbocycles. The van der Waals surface area contributed by atoms with Gasteiger partial charge >= 0.3 is 0 Å². The summed E-state index contributed by atoms with van der Waals surface area (Å²) in [5.41, 5.74) is 2.46. The van der Waals surface area contributed by atoms with Gasteiger partial charge in [0.2, 0.25) is 10.0 Å². The topological polar surface area (TPSA) is 110 Å². The number of carbonyl (C=O) groups excluding carboxylic acids is 1. The number of carbonyl (C=O) groups is 1. The first-order chi connectivity index (χ1) is 12.3. The maximum Gasteiger partial charge on any atom is 0.260 e. The maximum atomic E-state index is 12.2. The van der Waals surface area contributed by atoms with Gasteiger partial charge in [-0.1, -0.05) is 0 Å². The molecule has 0 atom stereocenters. The Kier molecular flexibility index (Phi) is 6.23. The molecule has 10 heteroatoms. The van der Waals surface area contributed by atoms with E-state index in [-0.39, 0.29) is 11.4 Å². The molecule has 0 spiro atoms. The molecule has 0 radical (unpaired) electrons. The second-order valence-corrected chi connectivity index (χ2v) is 7.02. The minimum Gasteiger partial charge on any atom is -0.497 e. The summed E-state index contributed by atoms with van der Waals surface area (Å²) in [6.07, 6.45) is 3.76. The van der Waals surface area contributed by atoms with Crippen LogP contribution in [0.5, 0.6) is 11.5 Å². The van der Waals surface area contributed by atoms with Crippen LogP contribution in [0.25, 0.3) is 0 Å². The molecule has 140 valence electrons. The molecule has 9 nitrogen and oxygen atoms in total. The van der Waals surface area contributed by atoms with Gasteiger partial charge in [-0.25, -0.2) is 13.8 Å². The monoisotopic (exact) mass is 381 g/mol. The van der Waals surface area contributed by atoms with E-state index in [0.717, 1.165) is 10.6 Å². The molecule has 0 aliphatic heterocycles. The van der Waals surface area contributed by atoms with Crippen molar-refractivity contribution in [3.8, 4) is 11.5 Å². The maximum absolute atomic E-state index is 12.2. The number of benzene rings is 1. The van der Waals surface area contributed by atoms with E-state index in [4.69, 9.17) is 13.9 Å².